The number of rotatable bonds is 2. The summed E-state index contributed by atoms with van der Waals surface area (Å²) in [5.41, 5.74) is -2.43. The van der Waals surface area contributed by atoms with Crippen molar-refractivity contribution in [3.05, 3.63) is 57.6 Å². The maximum Gasteiger partial charge on any atom is 0.325 e. The van der Waals surface area contributed by atoms with Crippen molar-refractivity contribution in [2.45, 2.75) is 5.03 Å². The Labute approximate surface area is 165 Å². The van der Waals surface area contributed by atoms with Gasteiger partial charge in [0.1, 0.15) is 23.8 Å². The van der Waals surface area contributed by atoms with Crippen molar-refractivity contribution in [2.75, 3.05) is 0 Å². The monoisotopic (exact) mass is 432 g/mol. The minimum atomic E-state index is -10.1. The fourth-order valence-corrected chi connectivity index (χ4v) is 3.01. The van der Waals surface area contributed by atoms with Crippen LogP contribution in [-0.4, -0.2) is 4.98 Å². The van der Waals surface area contributed by atoms with Gasteiger partial charge in [0.05, 0.1) is 28.8 Å². The van der Waals surface area contributed by atoms with E-state index in [1.54, 1.807) is 12.1 Å². The smallest absolute Gasteiger partial charge is 0.241 e. The first-order valence-electron chi connectivity index (χ1n) is 7.43. The van der Waals surface area contributed by atoms with Crippen molar-refractivity contribution in [3.8, 4) is 30.3 Å². The second-order valence-electron chi connectivity index (χ2n) is 5.60. The summed E-state index contributed by atoms with van der Waals surface area (Å²) < 4.78 is 65.3. The summed E-state index contributed by atoms with van der Waals surface area (Å²) in [6.45, 7) is 0. The van der Waals surface area contributed by atoms with Crippen LogP contribution < -0.4 is 10.4 Å². The predicted octanol–water partition coefficient (Wildman–Crippen LogP) is 3.40. The van der Waals surface area contributed by atoms with Crippen molar-refractivity contribution >= 4 is 21.4 Å². The van der Waals surface area contributed by atoms with E-state index in [0.717, 1.165) is 18.2 Å². The van der Waals surface area contributed by atoms with E-state index in [4.69, 9.17) is 10.5 Å². The predicted molar refractivity (Wildman–Crippen MR) is 93.5 cm³/mol. The summed E-state index contributed by atoms with van der Waals surface area (Å²) in [6, 6.07) is 10.6. The van der Waals surface area contributed by atoms with Crippen LogP contribution in [0.1, 0.15) is 16.7 Å². The van der Waals surface area contributed by atoms with Gasteiger partial charge < -0.3 is 0 Å². The SMILES string of the molecule is N#CC(C#N)=c1cc(C#N)/c(=C(\C#N)c2ccnc(S(F)(F)(F)(F)F)c2)cc1C#N. The van der Waals surface area contributed by atoms with Crippen LogP contribution in [-0.2, 0) is 0 Å². The molecule has 0 saturated heterocycles. The summed E-state index contributed by atoms with van der Waals surface area (Å²) in [5.74, 6) is 0. The highest BCUT2D eigenvalue weighted by Gasteiger charge is 2.67. The van der Waals surface area contributed by atoms with E-state index < -0.39 is 32.0 Å². The van der Waals surface area contributed by atoms with Gasteiger partial charge in [-0.25, -0.2) is 4.98 Å². The average molecular weight is 432 g/mol. The lowest BCUT2D eigenvalue weighted by Crippen LogP contribution is -2.21. The Hall–Kier alpha value is -4.44. The molecule has 0 fully saturated rings. The van der Waals surface area contributed by atoms with Gasteiger partial charge in [0.15, 0.2) is 5.03 Å². The van der Waals surface area contributed by atoms with Gasteiger partial charge in [0.25, 0.3) is 0 Å². The topological polar surface area (TPSA) is 132 Å². The molecule has 0 aliphatic heterocycles. The van der Waals surface area contributed by atoms with Crippen molar-refractivity contribution < 1.29 is 19.4 Å². The molecule has 0 aliphatic carbocycles. The Morgan fingerprint density at radius 2 is 1.30 bits per heavy atom. The van der Waals surface area contributed by atoms with E-state index in [2.05, 4.69) is 4.98 Å². The van der Waals surface area contributed by atoms with Crippen LogP contribution >= 0.6 is 10.2 Å². The molecule has 148 valence electrons. The van der Waals surface area contributed by atoms with Crippen LogP contribution in [0.4, 0.5) is 19.4 Å². The Balaban J connectivity index is 3.07. The quantitative estimate of drug-likeness (QED) is 0.668. The molecule has 0 radical (unpaired) electrons. The molecule has 0 bridgehead atoms. The Kier molecular flexibility index (Phi) is 4.78. The second kappa shape index (κ2) is 6.57. The molecule has 0 amide bonds. The number of aromatic nitrogens is 1. The Morgan fingerprint density at radius 1 is 0.767 bits per heavy atom. The van der Waals surface area contributed by atoms with E-state index in [9.17, 15) is 35.2 Å². The van der Waals surface area contributed by atoms with Gasteiger partial charge >= 0.3 is 10.2 Å². The molecule has 0 N–H and O–H groups in total. The van der Waals surface area contributed by atoms with E-state index in [0.29, 0.717) is 6.20 Å². The average Bonchev–Trinajstić information content (AvgIpc) is 2.68. The first-order valence-corrected chi connectivity index (χ1v) is 9.38. The molecular weight excluding hydrogens is 427 g/mol. The lowest BCUT2D eigenvalue weighted by molar-refractivity contribution is 0.358. The van der Waals surface area contributed by atoms with E-state index >= 15 is 0 Å². The number of halogens is 5. The molecule has 30 heavy (non-hydrogen) atoms. The van der Waals surface area contributed by atoms with Crippen molar-refractivity contribution in [2.24, 2.45) is 0 Å². The fourth-order valence-electron chi connectivity index (χ4n) is 2.40. The third-order valence-electron chi connectivity index (χ3n) is 3.69. The van der Waals surface area contributed by atoms with Crippen molar-refractivity contribution in [1.29, 1.82) is 26.3 Å². The molecule has 0 spiro atoms. The van der Waals surface area contributed by atoms with Gasteiger partial charge in [0.2, 0.25) is 0 Å². The van der Waals surface area contributed by atoms with Crippen molar-refractivity contribution in [1.82, 2.24) is 4.98 Å². The Morgan fingerprint density at radius 3 is 1.77 bits per heavy atom. The summed E-state index contributed by atoms with van der Waals surface area (Å²) in [7, 11) is -10.1. The van der Waals surface area contributed by atoms with Crippen LogP contribution in [0.2, 0.25) is 0 Å². The maximum atomic E-state index is 13.1. The first-order chi connectivity index (χ1) is 13.8. The second-order valence-corrected chi connectivity index (χ2v) is 7.96. The van der Waals surface area contributed by atoms with E-state index in [1.807, 2.05) is 0 Å². The molecule has 6 nitrogen and oxygen atoms in total. The first kappa shape index (κ1) is 21.9. The molecule has 1 heterocycles. The zero-order valence-corrected chi connectivity index (χ0v) is 15.2. The van der Waals surface area contributed by atoms with Gasteiger partial charge in [-0.15, -0.1) is 0 Å². The normalized spacial score (nSPS) is 13.7. The molecule has 0 unspecified atom stereocenters. The summed E-state index contributed by atoms with van der Waals surface area (Å²) in [4.78, 5) is 2.66. The summed E-state index contributed by atoms with van der Waals surface area (Å²) in [6.07, 6.45) is 0.433. The third-order valence-corrected chi connectivity index (χ3v) is 4.71. The molecular formula is C18H5F5N6S. The highest BCUT2D eigenvalue weighted by Crippen LogP contribution is 3.01. The number of nitriles is 5. The molecule has 0 saturated carbocycles. The van der Waals surface area contributed by atoms with E-state index in [1.165, 1.54) is 18.2 Å². The van der Waals surface area contributed by atoms with Crippen LogP contribution in [0.3, 0.4) is 0 Å². The number of benzene rings is 1. The highest BCUT2D eigenvalue weighted by atomic mass is 32.5. The van der Waals surface area contributed by atoms with Gasteiger partial charge in [-0.3, -0.25) is 0 Å². The number of pyridine rings is 1. The van der Waals surface area contributed by atoms with Crippen LogP contribution in [0.15, 0.2) is 35.5 Å². The standard InChI is InChI=1S/C18H5F5N6S/c19-30(20,21,22,23)18-5-11(1-2-29-18)17(10-28)16-4-12(6-24)15(3-13(16)7-25)14(8-26)9-27/h1-5H/b17-16+. The number of hydrogen-bond acceptors (Lipinski definition) is 6. The molecule has 12 heteroatoms. The summed E-state index contributed by atoms with van der Waals surface area (Å²) >= 11 is 0. The summed E-state index contributed by atoms with van der Waals surface area (Å²) in [5, 5.41) is 43.0. The van der Waals surface area contributed by atoms with Crippen LogP contribution in [0.25, 0.3) is 11.1 Å². The third kappa shape index (κ3) is 4.18. The number of nitrogens with zero attached hydrogens (tertiary/aromatic N) is 6. The highest BCUT2D eigenvalue weighted by molar-refractivity contribution is 8.45. The largest absolute Gasteiger partial charge is 0.325 e. The van der Waals surface area contributed by atoms with E-state index in [-0.39, 0.29) is 27.6 Å². The Bertz CT molecular complexity index is 1410. The fraction of sp³-hybridized carbons (Fsp3) is 0. The molecule has 2 rings (SSSR count). The molecule has 2 aromatic rings. The molecule has 1 aromatic heterocycles. The van der Waals surface area contributed by atoms with Gasteiger partial charge in [0, 0.05) is 16.6 Å². The zero-order chi connectivity index (χ0) is 22.8. The minimum absolute atomic E-state index is 0.0245. The van der Waals surface area contributed by atoms with Crippen LogP contribution in [0.5, 0.6) is 0 Å². The van der Waals surface area contributed by atoms with Crippen molar-refractivity contribution in [3.63, 3.8) is 0 Å². The lowest BCUT2D eigenvalue weighted by Gasteiger charge is -2.39. The minimum Gasteiger partial charge on any atom is -0.241 e. The molecule has 0 atom stereocenters. The lowest BCUT2D eigenvalue weighted by atomic mass is 9.98. The van der Waals surface area contributed by atoms with Gasteiger partial charge in [-0.1, -0.05) is 19.4 Å². The van der Waals surface area contributed by atoms with Gasteiger partial charge in [-0.2, -0.15) is 26.3 Å². The number of hydrogen-bond donors (Lipinski definition) is 0. The maximum absolute atomic E-state index is 13.1. The van der Waals surface area contributed by atoms with Crippen LogP contribution in [0, 0.1) is 56.7 Å². The zero-order valence-electron chi connectivity index (χ0n) is 14.4. The molecule has 0 aliphatic rings. The molecule has 1 aromatic carbocycles. The van der Waals surface area contributed by atoms with Gasteiger partial charge in [-0.05, 0) is 29.8 Å².